The first-order chi connectivity index (χ1) is 16.3. The van der Waals surface area contributed by atoms with E-state index >= 15 is 0 Å². The van der Waals surface area contributed by atoms with Crippen molar-refractivity contribution in [3.05, 3.63) is 68.5 Å². The highest BCUT2D eigenvalue weighted by Crippen LogP contribution is 2.25. The van der Waals surface area contributed by atoms with Crippen LogP contribution in [0, 0.1) is 26.6 Å². The molecule has 3 aromatic heterocycles. The van der Waals surface area contributed by atoms with Gasteiger partial charge in [0.15, 0.2) is 4.96 Å². The van der Waals surface area contributed by atoms with Crippen molar-refractivity contribution in [2.45, 2.75) is 27.2 Å². The number of carbonyl (C=O) groups excluding carboxylic acids is 1. The third kappa shape index (κ3) is 3.92. The number of halogens is 1. The van der Waals surface area contributed by atoms with Crippen LogP contribution in [-0.2, 0) is 16.0 Å². The lowest BCUT2D eigenvalue weighted by Crippen LogP contribution is -2.41. The fraction of sp³-hybridized carbons (Fsp3) is 0.333. The highest BCUT2D eigenvalue weighted by molar-refractivity contribution is 7.15. The average molecular weight is 482 g/mol. The van der Waals surface area contributed by atoms with Crippen LogP contribution >= 0.6 is 11.3 Å². The van der Waals surface area contributed by atoms with Gasteiger partial charge in [0.25, 0.3) is 5.56 Å². The largest absolute Gasteiger partial charge is 0.378 e. The van der Waals surface area contributed by atoms with Crippen molar-refractivity contribution >= 4 is 22.2 Å². The SMILES string of the molecule is Cc1ccc(F)cc1-n1nc(-c2c(C)nc3scc(CC(=O)N4CCOCC4)n3c2=O)cc1C. The Morgan fingerprint density at radius 2 is 1.94 bits per heavy atom. The maximum absolute atomic E-state index is 13.9. The summed E-state index contributed by atoms with van der Waals surface area (Å²) in [7, 11) is 0. The summed E-state index contributed by atoms with van der Waals surface area (Å²) in [6.45, 7) is 7.66. The summed E-state index contributed by atoms with van der Waals surface area (Å²) in [5.41, 5.74) is 3.96. The summed E-state index contributed by atoms with van der Waals surface area (Å²) in [6, 6.07) is 6.33. The Labute approximate surface area is 199 Å². The molecule has 0 radical (unpaired) electrons. The molecule has 4 aromatic rings. The Hall–Kier alpha value is -3.37. The number of benzene rings is 1. The lowest BCUT2D eigenvalue weighted by molar-refractivity contribution is -0.134. The molecule has 0 bridgehead atoms. The molecule has 8 nitrogen and oxygen atoms in total. The van der Waals surface area contributed by atoms with Crippen LogP contribution in [0.1, 0.15) is 22.6 Å². The molecule has 1 aromatic carbocycles. The quantitative estimate of drug-likeness (QED) is 0.448. The van der Waals surface area contributed by atoms with Gasteiger partial charge >= 0.3 is 0 Å². The lowest BCUT2D eigenvalue weighted by Gasteiger charge is -2.26. The van der Waals surface area contributed by atoms with E-state index in [9.17, 15) is 14.0 Å². The van der Waals surface area contributed by atoms with Gasteiger partial charge in [-0.3, -0.25) is 14.0 Å². The van der Waals surface area contributed by atoms with E-state index in [1.54, 1.807) is 28.6 Å². The molecule has 1 aliphatic rings. The van der Waals surface area contributed by atoms with E-state index in [4.69, 9.17) is 4.74 Å². The van der Waals surface area contributed by atoms with Crippen molar-refractivity contribution in [1.82, 2.24) is 24.1 Å². The number of ether oxygens (including phenoxy) is 1. The summed E-state index contributed by atoms with van der Waals surface area (Å²) in [4.78, 5) is 33.4. The smallest absolute Gasteiger partial charge is 0.268 e. The molecule has 1 saturated heterocycles. The number of morpholine rings is 1. The van der Waals surface area contributed by atoms with Crippen molar-refractivity contribution in [1.29, 1.82) is 0 Å². The van der Waals surface area contributed by atoms with Crippen molar-refractivity contribution in [2.75, 3.05) is 26.3 Å². The zero-order valence-electron chi connectivity index (χ0n) is 19.2. The molecule has 0 saturated carbocycles. The van der Waals surface area contributed by atoms with E-state index in [0.717, 1.165) is 11.3 Å². The third-order valence-corrected chi connectivity index (χ3v) is 6.93. The monoisotopic (exact) mass is 481 g/mol. The zero-order chi connectivity index (χ0) is 24.0. The first-order valence-corrected chi connectivity index (χ1v) is 11.9. The number of amides is 1. The minimum atomic E-state index is -0.357. The molecule has 1 amide bonds. The number of fused-ring (bicyclic) bond motifs is 1. The number of hydrogen-bond donors (Lipinski definition) is 0. The van der Waals surface area contributed by atoms with Gasteiger partial charge in [-0.2, -0.15) is 5.10 Å². The summed E-state index contributed by atoms with van der Waals surface area (Å²) < 4.78 is 22.4. The lowest BCUT2D eigenvalue weighted by atomic mass is 10.1. The van der Waals surface area contributed by atoms with Crippen molar-refractivity contribution in [3.8, 4) is 16.9 Å². The average Bonchev–Trinajstić information content (AvgIpc) is 3.39. The maximum atomic E-state index is 13.9. The van der Waals surface area contributed by atoms with Gasteiger partial charge in [0.1, 0.15) is 11.5 Å². The maximum Gasteiger partial charge on any atom is 0.268 e. The van der Waals surface area contributed by atoms with Gasteiger partial charge in [-0.25, -0.2) is 14.1 Å². The Morgan fingerprint density at radius 1 is 1.18 bits per heavy atom. The van der Waals surface area contributed by atoms with E-state index in [-0.39, 0.29) is 23.7 Å². The van der Waals surface area contributed by atoms with E-state index in [1.807, 2.05) is 19.2 Å². The normalized spacial score (nSPS) is 14.2. The molecule has 10 heteroatoms. The molecule has 1 aliphatic heterocycles. The fourth-order valence-corrected chi connectivity index (χ4v) is 5.18. The topological polar surface area (TPSA) is 81.7 Å². The molecular formula is C24H24FN5O3S. The summed E-state index contributed by atoms with van der Waals surface area (Å²) >= 11 is 1.33. The molecule has 0 atom stereocenters. The third-order valence-electron chi connectivity index (χ3n) is 6.06. The van der Waals surface area contributed by atoms with Gasteiger partial charge in [-0.1, -0.05) is 6.07 Å². The minimum Gasteiger partial charge on any atom is -0.378 e. The molecule has 1 fully saturated rings. The first kappa shape index (κ1) is 22.4. The van der Waals surface area contributed by atoms with Crippen LogP contribution in [-0.4, -0.2) is 56.3 Å². The molecule has 0 spiro atoms. The number of thiazole rings is 1. The summed E-state index contributed by atoms with van der Waals surface area (Å²) in [6.07, 6.45) is 0.111. The molecule has 4 heterocycles. The number of nitrogens with zero attached hydrogens (tertiary/aromatic N) is 5. The van der Waals surface area contributed by atoms with Crippen LogP contribution in [0.3, 0.4) is 0 Å². The Morgan fingerprint density at radius 3 is 2.71 bits per heavy atom. The van der Waals surface area contributed by atoms with E-state index in [0.29, 0.717) is 59.6 Å². The van der Waals surface area contributed by atoms with E-state index in [1.165, 1.54) is 27.9 Å². The predicted octanol–water partition coefficient (Wildman–Crippen LogP) is 3.07. The summed E-state index contributed by atoms with van der Waals surface area (Å²) in [5.74, 6) is -0.400. The molecule has 34 heavy (non-hydrogen) atoms. The van der Waals surface area contributed by atoms with Gasteiger partial charge in [-0.15, -0.1) is 11.3 Å². The second-order valence-electron chi connectivity index (χ2n) is 8.41. The number of rotatable bonds is 4. The first-order valence-electron chi connectivity index (χ1n) is 11.0. The van der Waals surface area contributed by atoms with Gasteiger partial charge in [0, 0.05) is 29.9 Å². The van der Waals surface area contributed by atoms with Crippen molar-refractivity contribution in [2.24, 2.45) is 0 Å². The van der Waals surface area contributed by atoms with Crippen LogP contribution in [0.25, 0.3) is 21.9 Å². The Balaban J connectivity index is 1.57. The van der Waals surface area contributed by atoms with Crippen LogP contribution in [0.5, 0.6) is 0 Å². The van der Waals surface area contributed by atoms with Gasteiger partial charge < -0.3 is 9.64 Å². The van der Waals surface area contributed by atoms with Crippen molar-refractivity contribution in [3.63, 3.8) is 0 Å². The standard InChI is InChI=1S/C24H24FN5O3S/c1-14-4-5-17(25)11-20(14)30-15(2)10-19(27-30)22-16(3)26-24-29(23(22)32)18(13-34-24)12-21(31)28-6-8-33-9-7-28/h4-5,10-11,13H,6-9,12H2,1-3H3. The van der Waals surface area contributed by atoms with Crippen LogP contribution in [0.4, 0.5) is 4.39 Å². The Bertz CT molecular complexity index is 1470. The molecule has 0 aliphatic carbocycles. The van der Waals surface area contributed by atoms with Crippen molar-refractivity contribution < 1.29 is 13.9 Å². The number of aryl methyl sites for hydroxylation is 3. The molecule has 176 valence electrons. The number of aromatic nitrogens is 4. The minimum absolute atomic E-state index is 0.0428. The van der Waals surface area contributed by atoms with Crippen LogP contribution < -0.4 is 5.56 Å². The van der Waals surface area contributed by atoms with Gasteiger partial charge in [-0.05, 0) is 44.5 Å². The van der Waals surface area contributed by atoms with Crippen LogP contribution in [0.2, 0.25) is 0 Å². The van der Waals surface area contributed by atoms with E-state index in [2.05, 4.69) is 10.1 Å². The highest BCUT2D eigenvalue weighted by Gasteiger charge is 2.22. The van der Waals surface area contributed by atoms with Gasteiger partial charge in [0.2, 0.25) is 5.91 Å². The zero-order valence-corrected chi connectivity index (χ0v) is 20.0. The molecule has 0 unspecified atom stereocenters. The highest BCUT2D eigenvalue weighted by atomic mass is 32.1. The predicted molar refractivity (Wildman–Crippen MR) is 127 cm³/mol. The molecular weight excluding hydrogens is 457 g/mol. The van der Waals surface area contributed by atoms with Gasteiger partial charge in [0.05, 0.1) is 36.6 Å². The second-order valence-corrected chi connectivity index (χ2v) is 9.24. The number of hydrogen-bond acceptors (Lipinski definition) is 6. The molecule has 0 N–H and O–H groups in total. The second kappa shape index (κ2) is 8.77. The summed E-state index contributed by atoms with van der Waals surface area (Å²) in [5, 5.41) is 6.45. The Kier molecular flexibility index (Phi) is 5.78. The fourth-order valence-electron chi connectivity index (χ4n) is 4.25. The van der Waals surface area contributed by atoms with Crippen LogP contribution in [0.15, 0.2) is 34.4 Å². The number of carbonyl (C=O) groups is 1. The molecule has 5 rings (SSSR count). The van der Waals surface area contributed by atoms with E-state index < -0.39 is 0 Å².